The van der Waals surface area contributed by atoms with E-state index in [-0.39, 0.29) is 6.04 Å². The molecule has 0 fully saturated rings. The maximum atomic E-state index is 5.99. The number of nitrogens with one attached hydrogen (secondary N) is 1. The summed E-state index contributed by atoms with van der Waals surface area (Å²) in [6.45, 7) is 9.23. The van der Waals surface area contributed by atoms with Crippen LogP contribution in [-0.2, 0) is 0 Å². The molecule has 3 heteroatoms. The topological polar surface area (TPSA) is 21.3 Å². The molecule has 1 aromatic carbocycles. The van der Waals surface area contributed by atoms with Crippen LogP contribution in [0.5, 0.6) is 5.75 Å². The molecule has 2 nitrogen and oxygen atoms in total. The van der Waals surface area contributed by atoms with E-state index >= 15 is 0 Å². The fraction of sp³-hybridized carbons (Fsp3) is 0.467. The summed E-state index contributed by atoms with van der Waals surface area (Å²) in [5.74, 6) is 0.831. The van der Waals surface area contributed by atoms with Gasteiger partial charge >= 0.3 is 0 Å². The Morgan fingerprint density at radius 1 is 1.44 bits per heavy atom. The first-order valence-corrected chi connectivity index (χ1v) is 6.73. The summed E-state index contributed by atoms with van der Waals surface area (Å²) in [6, 6.07) is 6.01. The zero-order valence-electron chi connectivity index (χ0n) is 11.4. The molecule has 0 heterocycles. The molecule has 0 aliphatic rings. The fourth-order valence-corrected chi connectivity index (χ4v) is 2.11. The predicted octanol–water partition coefficient (Wildman–Crippen LogP) is 4.36. The minimum absolute atomic E-state index is 0.231. The second kappa shape index (κ2) is 7.45. The van der Waals surface area contributed by atoms with Crippen LogP contribution in [-0.4, -0.2) is 13.7 Å². The molecule has 1 aromatic rings. The summed E-state index contributed by atoms with van der Waals surface area (Å²) < 4.78 is 5.41. The molecule has 0 spiro atoms. The number of hydrogen-bond acceptors (Lipinski definition) is 2. The Morgan fingerprint density at radius 3 is 2.72 bits per heavy atom. The van der Waals surface area contributed by atoms with Gasteiger partial charge in [0.15, 0.2) is 0 Å². The van der Waals surface area contributed by atoms with Gasteiger partial charge in [-0.3, -0.25) is 0 Å². The molecule has 0 aliphatic heterocycles. The molecule has 18 heavy (non-hydrogen) atoms. The van der Waals surface area contributed by atoms with Crippen LogP contribution in [0.2, 0.25) is 5.02 Å². The summed E-state index contributed by atoms with van der Waals surface area (Å²) in [6.07, 6.45) is 1.92. The Kier molecular flexibility index (Phi) is 6.23. The van der Waals surface area contributed by atoms with Gasteiger partial charge in [-0.25, -0.2) is 0 Å². The van der Waals surface area contributed by atoms with Gasteiger partial charge in [0.2, 0.25) is 0 Å². The summed E-state index contributed by atoms with van der Waals surface area (Å²) in [5.41, 5.74) is 2.37. The number of rotatable bonds is 7. The van der Waals surface area contributed by atoms with Gasteiger partial charge in [-0.15, -0.1) is 0 Å². The van der Waals surface area contributed by atoms with Gasteiger partial charge in [-0.1, -0.05) is 43.7 Å². The highest BCUT2D eigenvalue weighted by molar-refractivity contribution is 6.30. The molecule has 0 aliphatic carbocycles. The first-order chi connectivity index (χ1) is 8.62. The van der Waals surface area contributed by atoms with Crippen LogP contribution in [0.15, 0.2) is 30.4 Å². The standard InChI is InChI=1S/C15H22ClNO/c1-5-11(3)9-14(17-6-2)13-8-7-12(16)10-15(13)18-4/h7-8,10,14,17H,3,5-6,9H2,1-2,4H3. The number of methoxy groups -OCH3 is 1. The molecular formula is C15H22ClNO. The van der Waals surface area contributed by atoms with Crippen LogP contribution in [0.3, 0.4) is 0 Å². The highest BCUT2D eigenvalue weighted by Crippen LogP contribution is 2.31. The number of halogens is 1. The van der Waals surface area contributed by atoms with Gasteiger partial charge in [0.05, 0.1) is 7.11 Å². The van der Waals surface area contributed by atoms with E-state index < -0.39 is 0 Å². The van der Waals surface area contributed by atoms with E-state index in [2.05, 4.69) is 25.7 Å². The lowest BCUT2D eigenvalue weighted by atomic mass is 9.97. The van der Waals surface area contributed by atoms with Crippen molar-refractivity contribution in [2.24, 2.45) is 0 Å². The molecule has 1 N–H and O–H groups in total. The highest BCUT2D eigenvalue weighted by atomic mass is 35.5. The van der Waals surface area contributed by atoms with Crippen molar-refractivity contribution < 1.29 is 4.74 Å². The van der Waals surface area contributed by atoms with Gasteiger partial charge < -0.3 is 10.1 Å². The van der Waals surface area contributed by atoms with E-state index in [1.54, 1.807) is 7.11 Å². The van der Waals surface area contributed by atoms with Crippen molar-refractivity contribution in [2.75, 3.05) is 13.7 Å². The summed E-state index contributed by atoms with van der Waals surface area (Å²) >= 11 is 5.99. The van der Waals surface area contributed by atoms with Gasteiger partial charge in [0.25, 0.3) is 0 Å². The third-order valence-electron chi connectivity index (χ3n) is 3.01. The average Bonchev–Trinajstić information content (AvgIpc) is 2.37. The number of benzene rings is 1. The third-order valence-corrected chi connectivity index (χ3v) is 3.25. The van der Waals surface area contributed by atoms with E-state index in [1.165, 1.54) is 5.57 Å². The lowest BCUT2D eigenvalue weighted by Crippen LogP contribution is -2.21. The van der Waals surface area contributed by atoms with Gasteiger partial charge in [-0.05, 0) is 31.5 Å². The summed E-state index contributed by atoms with van der Waals surface area (Å²) in [5, 5.41) is 4.17. The van der Waals surface area contributed by atoms with Crippen molar-refractivity contribution in [3.05, 3.63) is 40.9 Å². The monoisotopic (exact) mass is 267 g/mol. The molecule has 0 radical (unpaired) electrons. The lowest BCUT2D eigenvalue weighted by Gasteiger charge is -2.21. The number of hydrogen-bond donors (Lipinski definition) is 1. The van der Waals surface area contributed by atoms with Crippen molar-refractivity contribution in [3.8, 4) is 5.75 Å². The minimum atomic E-state index is 0.231. The molecular weight excluding hydrogens is 246 g/mol. The second-order valence-corrected chi connectivity index (χ2v) is 4.74. The normalized spacial score (nSPS) is 12.2. The molecule has 1 unspecified atom stereocenters. The average molecular weight is 268 g/mol. The molecule has 0 aromatic heterocycles. The van der Waals surface area contributed by atoms with Crippen LogP contribution in [0.4, 0.5) is 0 Å². The molecule has 0 amide bonds. The van der Waals surface area contributed by atoms with Crippen molar-refractivity contribution in [1.29, 1.82) is 0 Å². The largest absolute Gasteiger partial charge is 0.496 e. The Hall–Kier alpha value is -0.990. The maximum absolute atomic E-state index is 5.99. The van der Waals surface area contributed by atoms with E-state index in [4.69, 9.17) is 16.3 Å². The second-order valence-electron chi connectivity index (χ2n) is 4.30. The number of ether oxygens (including phenoxy) is 1. The predicted molar refractivity (Wildman–Crippen MR) is 78.5 cm³/mol. The fourth-order valence-electron chi connectivity index (χ4n) is 1.94. The van der Waals surface area contributed by atoms with Gasteiger partial charge in [-0.2, -0.15) is 0 Å². The molecule has 0 saturated carbocycles. The Balaban J connectivity index is 3.00. The first-order valence-electron chi connectivity index (χ1n) is 6.35. The molecule has 0 bridgehead atoms. The summed E-state index contributed by atoms with van der Waals surface area (Å²) in [4.78, 5) is 0. The van der Waals surface area contributed by atoms with E-state index in [1.807, 2.05) is 18.2 Å². The third kappa shape index (κ3) is 4.04. The smallest absolute Gasteiger partial charge is 0.125 e. The SMILES string of the molecule is C=C(CC)CC(NCC)c1ccc(Cl)cc1OC. The van der Waals surface area contributed by atoms with Crippen LogP contribution in [0.1, 0.15) is 38.3 Å². The molecule has 100 valence electrons. The van der Waals surface area contributed by atoms with Crippen molar-refractivity contribution in [2.45, 2.75) is 32.7 Å². The molecule has 1 rings (SSSR count). The van der Waals surface area contributed by atoms with Crippen LogP contribution >= 0.6 is 11.6 Å². The minimum Gasteiger partial charge on any atom is -0.496 e. The van der Waals surface area contributed by atoms with Crippen LogP contribution < -0.4 is 10.1 Å². The molecule has 0 saturated heterocycles. The van der Waals surface area contributed by atoms with E-state index in [0.717, 1.165) is 30.7 Å². The zero-order valence-corrected chi connectivity index (χ0v) is 12.2. The zero-order chi connectivity index (χ0) is 13.5. The Bertz CT molecular complexity index is 403. The highest BCUT2D eigenvalue weighted by Gasteiger charge is 2.16. The lowest BCUT2D eigenvalue weighted by molar-refractivity contribution is 0.399. The van der Waals surface area contributed by atoms with Gasteiger partial charge in [0, 0.05) is 16.6 Å². The van der Waals surface area contributed by atoms with Crippen LogP contribution in [0.25, 0.3) is 0 Å². The van der Waals surface area contributed by atoms with Crippen molar-refractivity contribution in [3.63, 3.8) is 0 Å². The maximum Gasteiger partial charge on any atom is 0.125 e. The molecule has 1 atom stereocenters. The van der Waals surface area contributed by atoms with Gasteiger partial charge in [0.1, 0.15) is 5.75 Å². The van der Waals surface area contributed by atoms with E-state index in [9.17, 15) is 0 Å². The van der Waals surface area contributed by atoms with Crippen molar-refractivity contribution in [1.82, 2.24) is 5.32 Å². The van der Waals surface area contributed by atoms with Crippen LogP contribution in [0, 0.1) is 0 Å². The Labute approximate surface area is 115 Å². The summed E-state index contributed by atoms with van der Waals surface area (Å²) in [7, 11) is 1.67. The Morgan fingerprint density at radius 2 is 2.17 bits per heavy atom. The van der Waals surface area contributed by atoms with Crippen molar-refractivity contribution >= 4 is 11.6 Å². The van der Waals surface area contributed by atoms with E-state index in [0.29, 0.717) is 5.02 Å². The first kappa shape index (κ1) is 15.1. The quantitative estimate of drug-likeness (QED) is 0.742.